The van der Waals surface area contributed by atoms with Crippen LogP contribution in [0, 0.1) is 5.92 Å². The molecule has 24 heavy (non-hydrogen) atoms. The third kappa shape index (κ3) is 7.23. The molecule has 2 amide bonds. The number of hydrogen-bond acceptors (Lipinski definition) is 5. The van der Waals surface area contributed by atoms with Crippen molar-refractivity contribution < 1.29 is 24.2 Å². The summed E-state index contributed by atoms with van der Waals surface area (Å²) < 4.78 is 5.00. The lowest BCUT2D eigenvalue weighted by Gasteiger charge is -2.20. The van der Waals surface area contributed by atoms with Gasteiger partial charge in [-0.1, -0.05) is 44.2 Å². The molecule has 132 valence electrons. The molecule has 0 saturated heterocycles. The van der Waals surface area contributed by atoms with Gasteiger partial charge in [0.2, 0.25) is 5.91 Å². The summed E-state index contributed by atoms with van der Waals surface area (Å²) in [5.41, 5.74) is 0.801. The van der Waals surface area contributed by atoms with Gasteiger partial charge in [-0.15, -0.1) is 0 Å². The molecule has 0 heterocycles. The van der Waals surface area contributed by atoms with Crippen LogP contribution in [0.5, 0.6) is 0 Å². The highest BCUT2D eigenvalue weighted by molar-refractivity contribution is 5.87. The van der Waals surface area contributed by atoms with Crippen molar-refractivity contribution >= 4 is 18.3 Å². The Labute approximate surface area is 141 Å². The Bertz CT molecular complexity index is 533. The van der Waals surface area contributed by atoms with Gasteiger partial charge in [-0.2, -0.15) is 0 Å². The maximum atomic E-state index is 12.0. The second-order valence-electron chi connectivity index (χ2n) is 5.82. The molecule has 7 nitrogen and oxygen atoms in total. The van der Waals surface area contributed by atoms with E-state index in [1.165, 1.54) is 0 Å². The number of hydrogen-bond donors (Lipinski definition) is 3. The Morgan fingerprint density at radius 3 is 2.42 bits per heavy atom. The van der Waals surface area contributed by atoms with E-state index in [2.05, 4.69) is 10.6 Å². The highest BCUT2D eigenvalue weighted by Crippen LogP contribution is 2.04. The lowest BCUT2D eigenvalue weighted by Crippen LogP contribution is -2.52. The molecule has 0 unspecified atom stereocenters. The standard InChI is InChI=1S/C17H24N2O5/c1-12(2)8-14(9-20)18-16(22)15(10-21)19-17(23)24-11-13-6-4-3-5-7-13/h3-7,9,12,14-15,21H,8,10-11H2,1-2H3,(H,18,22)(H,19,23)/t14-,15-/m0/s1. The molecule has 0 aliphatic carbocycles. The fourth-order valence-electron chi connectivity index (χ4n) is 2.04. The Morgan fingerprint density at radius 1 is 1.21 bits per heavy atom. The molecule has 1 aromatic carbocycles. The van der Waals surface area contributed by atoms with Crippen LogP contribution in [0.1, 0.15) is 25.8 Å². The number of ether oxygens (including phenoxy) is 1. The summed E-state index contributed by atoms with van der Waals surface area (Å²) in [6, 6.07) is 7.23. The van der Waals surface area contributed by atoms with Crippen LogP contribution >= 0.6 is 0 Å². The van der Waals surface area contributed by atoms with Gasteiger partial charge in [0.15, 0.2) is 0 Å². The predicted molar refractivity (Wildman–Crippen MR) is 88.1 cm³/mol. The molecule has 0 fully saturated rings. The number of rotatable bonds is 9. The van der Waals surface area contributed by atoms with E-state index < -0.39 is 30.7 Å². The fraction of sp³-hybridized carbons (Fsp3) is 0.471. The van der Waals surface area contributed by atoms with E-state index in [1.807, 2.05) is 32.0 Å². The highest BCUT2D eigenvalue weighted by atomic mass is 16.5. The molecule has 0 aliphatic heterocycles. The van der Waals surface area contributed by atoms with E-state index in [-0.39, 0.29) is 12.5 Å². The van der Waals surface area contributed by atoms with Gasteiger partial charge in [-0.3, -0.25) is 4.79 Å². The summed E-state index contributed by atoms with van der Waals surface area (Å²) in [6.45, 7) is 3.30. The molecule has 3 N–H and O–H groups in total. The molecule has 0 bridgehead atoms. The van der Waals surface area contributed by atoms with E-state index in [9.17, 15) is 19.5 Å². The first-order valence-electron chi connectivity index (χ1n) is 7.80. The first-order chi connectivity index (χ1) is 11.5. The van der Waals surface area contributed by atoms with Crippen molar-refractivity contribution in [1.29, 1.82) is 0 Å². The molecule has 2 atom stereocenters. The number of alkyl carbamates (subject to hydrolysis) is 1. The summed E-state index contributed by atoms with van der Waals surface area (Å²) >= 11 is 0. The monoisotopic (exact) mass is 336 g/mol. The SMILES string of the molecule is CC(C)C[C@@H](C=O)NC(=O)[C@H](CO)NC(=O)OCc1ccccc1. The van der Waals surface area contributed by atoms with Crippen LogP contribution in [0.2, 0.25) is 0 Å². The number of carbonyl (C=O) groups is 3. The van der Waals surface area contributed by atoms with Crippen LogP contribution in [0.3, 0.4) is 0 Å². The maximum Gasteiger partial charge on any atom is 0.408 e. The summed E-state index contributed by atoms with van der Waals surface area (Å²) in [5, 5.41) is 14.0. The first-order valence-corrected chi connectivity index (χ1v) is 7.80. The van der Waals surface area contributed by atoms with E-state index >= 15 is 0 Å². The third-order valence-electron chi connectivity index (χ3n) is 3.22. The van der Waals surface area contributed by atoms with Crippen LogP contribution in [-0.2, 0) is 20.9 Å². The Morgan fingerprint density at radius 2 is 1.88 bits per heavy atom. The van der Waals surface area contributed by atoms with Gasteiger partial charge in [0.25, 0.3) is 0 Å². The van der Waals surface area contributed by atoms with Gasteiger partial charge in [-0.05, 0) is 17.9 Å². The maximum absolute atomic E-state index is 12.0. The minimum atomic E-state index is -1.18. The molecule has 0 aromatic heterocycles. The van der Waals surface area contributed by atoms with Crippen molar-refractivity contribution in [3.05, 3.63) is 35.9 Å². The number of aliphatic hydroxyl groups is 1. The lowest BCUT2D eigenvalue weighted by atomic mass is 10.0. The molecule has 0 aliphatic rings. The number of aldehydes is 1. The smallest absolute Gasteiger partial charge is 0.408 e. The molecule has 7 heteroatoms. The molecule has 0 radical (unpaired) electrons. The molecular weight excluding hydrogens is 312 g/mol. The summed E-state index contributed by atoms with van der Waals surface area (Å²) in [7, 11) is 0. The normalized spacial score (nSPS) is 13.0. The van der Waals surface area contributed by atoms with Crippen molar-refractivity contribution in [3.63, 3.8) is 0 Å². The quantitative estimate of drug-likeness (QED) is 0.584. The molecule has 1 aromatic rings. The fourth-order valence-corrected chi connectivity index (χ4v) is 2.04. The minimum absolute atomic E-state index is 0.0523. The zero-order chi connectivity index (χ0) is 17.9. The number of nitrogens with one attached hydrogen (secondary N) is 2. The zero-order valence-electron chi connectivity index (χ0n) is 13.9. The van der Waals surface area contributed by atoms with Gasteiger partial charge >= 0.3 is 6.09 Å². The van der Waals surface area contributed by atoms with Gasteiger partial charge in [0, 0.05) is 0 Å². The average molecular weight is 336 g/mol. The number of carbonyl (C=O) groups excluding carboxylic acids is 3. The summed E-state index contributed by atoms with van der Waals surface area (Å²) in [5.74, 6) is -0.413. The van der Waals surface area contributed by atoms with Gasteiger partial charge in [0.05, 0.1) is 12.6 Å². The van der Waals surface area contributed by atoms with E-state index in [0.717, 1.165) is 5.56 Å². The average Bonchev–Trinajstić information content (AvgIpc) is 2.57. The highest BCUT2D eigenvalue weighted by Gasteiger charge is 2.23. The Kier molecular flexibility index (Phi) is 8.49. The summed E-state index contributed by atoms with van der Waals surface area (Å²) in [6.07, 6.45) is 0.297. The minimum Gasteiger partial charge on any atom is -0.445 e. The van der Waals surface area contributed by atoms with Crippen LogP contribution < -0.4 is 10.6 Å². The van der Waals surface area contributed by atoms with Crippen LogP contribution in [-0.4, -0.2) is 42.1 Å². The van der Waals surface area contributed by atoms with Gasteiger partial charge < -0.3 is 25.3 Å². The Balaban J connectivity index is 2.48. The molecular formula is C17H24N2O5. The molecule has 0 saturated carbocycles. The van der Waals surface area contributed by atoms with Crippen molar-refractivity contribution in [2.24, 2.45) is 5.92 Å². The van der Waals surface area contributed by atoms with E-state index in [4.69, 9.17) is 4.74 Å². The van der Waals surface area contributed by atoms with Crippen molar-refractivity contribution in [2.75, 3.05) is 6.61 Å². The second-order valence-corrected chi connectivity index (χ2v) is 5.82. The lowest BCUT2D eigenvalue weighted by molar-refractivity contribution is -0.126. The first kappa shape index (κ1) is 19.6. The van der Waals surface area contributed by atoms with E-state index in [0.29, 0.717) is 12.7 Å². The van der Waals surface area contributed by atoms with Crippen LogP contribution in [0.15, 0.2) is 30.3 Å². The molecule has 1 rings (SSSR count). The Hall–Kier alpha value is -2.41. The molecule has 0 spiro atoms. The second kappa shape index (κ2) is 10.4. The van der Waals surface area contributed by atoms with Crippen molar-refractivity contribution in [3.8, 4) is 0 Å². The van der Waals surface area contributed by atoms with Gasteiger partial charge in [0.1, 0.15) is 18.9 Å². The van der Waals surface area contributed by atoms with Gasteiger partial charge in [-0.25, -0.2) is 4.79 Å². The van der Waals surface area contributed by atoms with Crippen molar-refractivity contribution in [1.82, 2.24) is 10.6 Å². The number of aliphatic hydroxyl groups excluding tert-OH is 1. The largest absolute Gasteiger partial charge is 0.445 e. The summed E-state index contributed by atoms with van der Waals surface area (Å²) in [4.78, 5) is 34.7. The predicted octanol–water partition coefficient (Wildman–Crippen LogP) is 1.00. The van der Waals surface area contributed by atoms with Crippen LogP contribution in [0.4, 0.5) is 4.79 Å². The third-order valence-corrected chi connectivity index (χ3v) is 3.22. The van der Waals surface area contributed by atoms with Crippen molar-refractivity contribution in [2.45, 2.75) is 39.0 Å². The van der Waals surface area contributed by atoms with E-state index in [1.54, 1.807) is 12.1 Å². The van der Waals surface area contributed by atoms with Crippen LogP contribution in [0.25, 0.3) is 0 Å². The number of benzene rings is 1. The number of amides is 2. The topological polar surface area (TPSA) is 105 Å². The zero-order valence-corrected chi connectivity index (χ0v) is 13.9.